The average molecular weight is 394 g/mol. The first-order valence-electron chi connectivity index (χ1n) is 8.02. The normalized spacial score (nSPS) is 12.6. The Morgan fingerprint density at radius 1 is 1.21 bits per heavy atom. The van der Waals surface area contributed by atoms with Crippen molar-refractivity contribution in [2.75, 3.05) is 5.32 Å². The maximum Gasteiger partial charge on any atom is 0.416 e. The molecule has 0 aliphatic rings. The fourth-order valence-electron chi connectivity index (χ4n) is 2.78. The first-order valence-corrected chi connectivity index (χ1v) is 8.02. The van der Waals surface area contributed by atoms with Crippen molar-refractivity contribution in [2.45, 2.75) is 12.2 Å². The van der Waals surface area contributed by atoms with Gasteiger partial charge in [0, 0.05) is 31.1 Å². The Morgan fingerprint density at radius 2 is 1.93 bits per heavy atom. The van der Waals surface area contributed by atoms with Gasteiger partial charge in [-0.1, -0.05) is 18.2 Å². The molecule has 0 aliphatic heterocycles. The van der Waals surface area contributed by atoms with Crippen molar-refractivity contribution < 1.29 is 22.5 Å². The number of nitrogens with zero attached hydrogens (tertiary/aromatic N) is 3. The maximum atomic E-state index is 14.4. The standard InChI is InChI=1S/C18H14F4N4O2/c1-25-9-8-23-17(25)16(12-4-2-3-5-13(12)19)24-14-7-6-11(18(20,21)22)10-15(14)26(27)28/h2-10,16,24H,1H3. The third-order valence-electron chi connectivity index (χ3n) is 4.15. The SMILES string of the molecule is Cn1ccnc1C(Nc1ccc(C(F)(F)F)cc1[N+](=O)[O-])c1ccccc1F. The summed E-state index contributed by atoms with van der Waals surface area (Å²) in [6, 6.07) is 6.91. The number of benzene rings is 2. The fraction of sp³-hybridized carbons (Fsp3) is 0.167. The van der Waals surface area contributed by atoms with Crippen LogP contribution in [-0.4, -0.2) is 14.5 Å². The molecule has 1 aromatic heterocycles. The lowest BCUT2D eigenvalue weighted by Crippen LogP contribution is -2.19. The molecule has 0 fully saturated rings. The van der Waals surface area contributed by atoms with Gasteiger partial charge in [-0.15, -0.1) is 0 Å². The number of nitro benzene ring substituents is 1. The predicted molar refractivity (Wildman–Crippen MR) is 93.2 cm³/mol. The van der Waals surface area contributed by atoms with E-state index in [1.54, 1.807) is 23.9 Å². The summed E-state index contributed by atoms with van der Waals surface area (Å²) < 4.78 is 54.7. The van der Waals surface area contributed by atoms with Gasteiger partial charge in [0.2, 0.25) is 0 Å². The van der Waals surface area contributed by atoms with E-state index in [-0.39, 0.29) is 11.3 Å². The van der Waals surface area contributed by atoms with Crippen molar-refractivity contribution in [1.29, 1.82) is 0 Å². The van der Waals surface area contributed by atoms with E-state index >= 15 is 0 Å². The Bertz CT molecular complexity index is 1020. The van der Waals surface area contributed by atoms with Crippen LogP contribution in [0.15, 0.2) is 54.9 Å². The molecule has 0 radical (unpaired) electrons. The Balaban J connectivity index is 2.11. The third-order valence-corrected chi connectivity index (χ3v) is 4.15. The number of nitrogens with one attached hydrogen (secondary N) is 1. The number of hydrogen-bond donors (Lipinski definition) is 1. The topological polar surface area (TPSA) is 73.0 Å². The molecular formula is C18H14F4N4O2. The van der Waals surface area contributed by atoms with Crippen molar-refractivity contribution in [1.82, 2.24) is 9.55 Å². The van der Waals surface area contributed by atoms with Gasteiger partial charge in [0.05, 0.1) is 10.5 Å². The quantitative estimate of drug-likeness (QED) is 0.387. The van der Waals surface area contributed by atoms with Crippen LogP contribution in [0.3, 0.4) is 0 Å². The number of alkyl halides is 3. The average Bonchev–Trinajstić information content (AvgIpc) is 3.05. The number of aromatic nitrogens is 2. The summed E-state index contributed by atoms with van der Waals surface area (Å²) in [6.07, 6.45) is -1.66. The van der Waals surface area contributed by atoms with Crippen LogP contribution < -0.4 is 5.32 Å². The highest BCUT2D eigenvalue weighted by Gasteiger charge is 2.34. The molecule has 6 nitrogen and oxygen atoms in total. The van der Waals surface area contributed by atoms with Crippen molar-refractivity contribution in [3.05, 3.63) is 87.7 Å². The molecular weight excluding hydrogens is 380 g/mol. The summed E-state index contributed by atoms with van der Waals surface area (Å²) in [5.41, 5.74) is -1.96. The lowest BCUT2D eigenvalue weighted by molar-refractivity contribution is -0.384. The third kappa shape index (κ3) is 3.80. The van der Waals surface area contributed by atoms with E-state index in [0.29, 0.717) is 11.9 Å². The lowest BCUT2D eigenvalue weighted by Gasteiger charge is -2.21. The van der Waals surface area contributed by atoms with Gasteiger partial charge in [-0.2, -0.15) is 13.2 Å². The smallest absolute Gasteiger partial charge is 0.366 e. The zero-order valence-electron chi connectivity index (χ0n) is 14.4. The number of anilines is 1. The Morgan fingerprint density at radius 3 is 2.50 bits per heavy atom. The van der Waals surface area contributed by atoms with E-state index in [9.17, 15) is 27.7 Å². The van der Waals surface area contributed by atoms with Gasteiger partial charge < -0.3 is 9.88 Å². The molecule has 2 aromatic carbocycles. The van der Waals surface area contributed by atoms with Crippen LogP contribution in [0, 0.1) is 15.9 Å². The Labute approximate surface area is 156 Å². The summed E-state index contributed by atoms with van der Waals surface area (Å²) in [5.74, 6) is -0.253. The van der Waals surface area contributed by atoms with E-state index in [0.717, 1.165) is 12.1 Å². The van der Waals surface area contributed by atoms with Crippen LogP contribution in [0.2, 0.25) is 0 Å². The van der Waals surface area contributed by atoms with Gasteiger partial charge in [0.1, 0.15) is 23.4 Å². The molecule has 1 heterocycles. The molecule has 1 atom stereocenters. The molecule has 0 aliphatic carbocycles. The maximum absolute atomic E-state index is 14.4. The van der Waals surface area contributed by atoms with E-state index in [1.165, 1.54) is 24.4 Å². The molecule has 0 saturated carbocycles. The highest BCUT2D eigenvalue weighted by atomic mass is 19.4. The van der Waals surface area contributed by atoms with Crippen LogP contribution in [0.4, 0.5) is 28.9 Å². The zero-order chi connectivity index (χ0) is 20.5. The van der Waals surface area contributed by atoms with Gasteiger partial charge in [-0.05, 0) is 18.2 Å². The first kappa shape index (κ1) is 19.3. The molecule has 0 bridgehead atoms. The molecule has 0 saturated heterocycles. The van der Waals surface area contributed by atoms with E-state index in [4.69, 9.17) is 0 Å². The number of hydrogen-bond acceptors (Lipinski definition) is 4. The molecule has 146 valence electrons. The van der Waals surface area contributed by atoms with Crippen LogP contribution in [0.5, 0.6) is 0 Å². The molecule has 3 rings (SSSR count). The molecule has 1 unspecified atom stereocenters. The summed E-state index contributed by atoms with van der Waals surface area (Å²) in [7, 11) is 1.65. The molecule has 10 heteroatoms. The van der Waals surface area contributed by atoms with Gasteiger partial charge in [-0.25, -0.2) is 9.37 Å². The largest absolute Gasteiger partial charge is 0.416 e. The van der Waals surface area contributed by atoms with E-state index < -0.39 is 34.2 Å². The minimum absolute atomic E-state index is 0.144. The van der Waals surface area contributed by atoms with Crippen LogP contribution in [0.25, 0.3) is 0 Å². The summed E-state index contributed by atoms with van der Waals surface area (Å²) in [4.78, 5) is 14.6. The lowest BCUT2D eigenvalue weighted by atomic mass is 10.0. The number of halogens is 4. The minimum Gasteiger partial charge on any atom is -0.366 e. The van der Waals surface area contributed by atoms with Gasteiger partial charge in [0.15, 0.2) is 0 Å². The highest BCUT2D eigenvalue weighted by molar-refractivity contribution is 5.64. The van der Waals surface area contributed by atoms with Gasteiger partial charge >= 0.3 is 6.18 Å². The first-order chi connectivity index (χ1) is 13.2. The van der Waals surface area contributed by atoms with Crippen molar-refractivity contribution in [2.24, 2.45) is 7.05 Å². The molecule has 0 amide bonds. The number of imidazole rings is 1. The minimum atomic E-state index is -4.73. The Hall–Kier alpha value is -3.43. The molecule has 28 heavy (non-hydrogen) atoms. The molecule has 1 N–H and O–H groups in total. The predicted octanol–water partition coefficient (Wildman–Crippen LogP) is 4.69. The summed E-state index contributed by atoms with van der Waals surface area (Å²) in [6.45, 7) is 0. The van der Waals surface area contributed by atoms with Crippen molar-refractivity contribution >= 4 is 11.4 Å². The summed E-state index contributed by atoms with van der Waals surface area (Å²) >= 11 is 0. The highest BCUT2D eigenvalue weighted by Crippen LogP contribution is 2.37. The number of aryl methyl sites for hydroxylation is 1. The van der Waals surface area contributed by atoms with Crippen molar-refractivity contribution in [3.8, 4) is 0 Å². The van der Waals surface area contributed by atoms with E-state index in [1.807, 2.05) is 0 Å². The van der Waals surface area contributed by atoms with E-state index in [2.05, 4.69) is 10.3 Å². The van der Waals surface area contributed by atoms with Crippen LogP contribution in [-0.2, 0) is 13.2 Å². The Kier molecular flexibility index (Phi) is 5.04. The fourth-order valence-corrected chi connectivity index (χ4v) is 2.78. The zero-order valence-corrected chi connectivity index (χ0v) is 14.4. The van der Waals surface area contributed by atoms with Gasteiger partial charge in [0.25, 0.3) is 5.69 Å². The van der Waals surface area contributed by atoms with Crippen LogP contribution in [0.1, 0.15) is 23.0 Å². The molecule has 3 aromatic rings. The second-order valence-electron chi connectivity index (χ2n) is 5.98. The van der Waals surface area contributed by atoms with Crippen LogP contribution >= 0.6 is 0 Å². The number of nitro groups is 1. The van der Waals surface area contributed by atoms with Gasteiger partial charge in [-0.3, -0.25) is 10.1 Å². The monoisotopic (exact) mass is 394 g/mol. The number of rotatable bonds is 5. The molecule has 0 spiro atoms. The second kappa shape index (κ2) is 7.29. The van der Waals surface area contributed by atoms with Crippen molar-refractivity contribution in [3.63, 3.8) is 0 Å². The summed E-state index contributed by atoms with van der Waals surface area (Å²) in [5, 5.41) is 14.1. The second-order valence-corrected chi connectivity index (χ2v) is 5.98.